The summed E-state index contributed by atoms with van der Waals surface area (Å²) in [6.07, 6.45) is 5.71. The molecule has 0 aliphatic heterocycles. The molecule has 0 bridgehead atoms. The molecule has 1 nitrogen and oxygen atoms in total. The molecule has 17 heavy (non-hydrogen) atoms. The van der Waals surface area contributed by atoms with Crippen LogP contribution in [-0.2, 0) is 10.8 Å². The zero-order valence-electron chi connectivity index (χ0n) is 10.7. The maximum absolute atomic E-state index is 11.8. The summed E-state index contributed by atoms with van der Waals surface area (Å²) in [6.45, 7) is 4.21. The van der Waals surface area contributed by atoms with Crippen LogP contribution in [0.3, 0.4) is 0 Å². The lowest BCUT2D eigenvalue weighted by atomic mass is 10.2. The summed E-state index contributed by atoms with van der Waals surface area (Å²) < 4.78 is 11.8. The summed E-state index contributed by atoms with van der Waals surface area (Å²) in [5.41, 5.74) is 1.18. The summed E-state index contributed by atoms with van der Waals surface area (Å²) in [5.74, 6) is 3.01. The molecule has 0 saturated heterocycles. The van der Waals surface area contributed by atoms with Crippen molar-refractivity contribution in [3.8, 4) is 11.2 Å². The van der Waals surface area contributed by atoms with E-state index in [9.17, 15) is 4.21 Å². The first-order valence-corrected chi connectivity index (χ1v) is 7.36. The van der Waals surface area contributed by atoms with Crippen LogP contribution in [0.5, 0.6) is 0 Å². The van der Waals surface area contributed by atoms with Crippen LogP contribution >= 0.6 is 0 Å². The third-order valence-corrected chi connectivity index (χ3v) is 3.59. The van der Waals surface area contributed by atoms with E-state index < -0.39 is 10.8 Å². The van der Waals surface area contributed by atoms with Gasteiger partial charge in [-0.2, -0.15) is 0 Å². The average Bonchev–Trinajstić information content (AvgIpc) is 2.34. The fourth-order valence-electron chi connectivity index (χ4n) is 1.48. The Hall–Kier alpha value is -1.07. The molecule has 0 amide bonds. The SMILES string of the molecule is CCCCCCC#C[S@@](=O)c1ccc(C)cc1. The zero-order chi connectivity index (χ0) is 12.5. The van der Waals surface area contributed by atoms with Gasteiger partial charge in [-0.15, -0.1) is 0 Å². The highest BCUT2D eigenvalue weighted by atomic mass is 32.2. The van der Waals surface area contributed by atoms with Crippen molar-refractivity contribution in [1.82, 2.24) is 0 Å². The minimum Gasteiger partial charge on any atom is -0.240 e. The van der Waals surface area contributed by atoms with E-state index in [0.29, 0.717) is 0 Å². The molecular formula is C15H20OS. The highest BCUT2D eigenvalue weighted by Gasteiger charge is 1.98. The molecule has 0 fully saturated rings. The van der Waals surface area contributed by atoms with Crippen LogP contribution in [0.2, 0.25) is 0 Å². The average molecular weight is 248 g/mol. The number of hydrogen-bond donors (Lipinski definition) is 0. The lowest BCUT2D eigenvalue weighted by Crippen LogP contribution is -1.86. The van der Waals surface area contributed by atoms with Gasteiger partial charge in [-0.1, -0.05) is 49.8 Å². The zero-order valence-corrected chi connectivity index (χ0v) is 11.5. The fraction of sp³-hybridized carbons (Fsp3) is 0.467. The van der Waals surface area contributed by atoms with Gasteiger partial charge in [0, 0.05) is 11.7 Å². The van der Waals surface area contributed by atoms with Gasteiger partial charge in [0.1, 0.15) is 10.8 Å². The molecule has 0 N–H and O–H groups in total. The van der Waals surface area contributed by atoms with Gasteiger partial charge in [-0.05, 0) is 25.5 Å². The van der Waals surface area contributed by atoms with E-state index in [2.05, 4.69) is 18.1 Å². The van der Waals surface area contributed by atoms with Crippen molar-refractivity contribution in [2.45, 2.75) is 50.8 Å². The maximum atomic E-state index is 11.8. The van der Waals surface area contributed by atoms with Gasteiger partial charge < -0.3 is 0 Å². The van der Waals surface area contributed by atoms with Crippen LogP contribution < -0.4 is 0 Å². The van der Waals surface area contributed by atoms with Crippen molar-refractivity contribution in [3.63, 3.8) is 0 Å². The molecule has 92 valence electrons. The van der Waals surface area contributed by atoms with E-state index in [4.69, 9.17) is 0 Å². The second-order valence-electron chi connectivity index (χ2n) is 4.17. The first-order valence-electron chi connectivity index (χ1n) is 6.21. The van der Waals surface area contributed by atoms with Gasteiger partial charge >= 0.3 is 0 Å². The molecule has 0 aliphatic carbocycles. The van der Waals surface area contributed by atoms with E-state index in [1.807, 2.05) is 31.2 Å². The Bertz CT molecular complexity index is 409. The molecule has 0 spiro atoms. The normalized spacial score (nSPS) is 11.6. The number of benzene rings is 1. The van der Waals surface area contributed by atoms with Crippen LogP contribution in [0.4, 0.5) is 0 Å². The smallest absolute Gasteiger partial charge is 0.130 e. The minimum absolute atomic E-state index is 0.802. The molecule has 1 atom stereocenters. The van der Waals surface area contributed by atoms with E-state index in [1.54, 1.807) is 0 Å². The number of unbranched alkanes of at least 4 members (excludes halogenated alkanes) is 4. The Morgan fingerprint density at radius 1 is 1.12 bits per heavy atom. The minimum atomic E-state index is -1.16. The topological polar surface area (TPSA) is 17.1 Å². The van der Waals surface area contributed by atoms with Crippen LogP contribution in [0.1, 0.15) is 44.6 Å². The molecule has 2 heteroatoms. The molecule has 0 unspecified atom stereocenters. The molecule has 0 saturated carbocycles. The molecule has 1 aromatic carbocycles. The molecule has 1 aromatic rings. The van der Waals surface area contributed by atoms with Crippen LogP contribution in [-0.4, -0.2) is 4.21 Å². The van der Waals surface area contributed by atoms with Gasteiger partial charge in [-0.25, -0.2) is 4.21 Å². The first kappa shape index (κ1) is 14.0. The van der Waals surface area contributed by atoms with Crippen LogP contribution in [0.15, 0.2) is 29.2 Å². The lowest BCUT2D eigenvalue weighted by Gasteiger charge is -1.95. The number of aryl methyl sites for hydroxylation is 1. The lowest BCUT2D eigenvalue weighted by molar-refractivity contribution is 0.679. The third kappa shape index (κ3) is 5.70. The van der Waals surface area contributed by atoms with E-state index in [1.165, 1.54) is 24.8 Å². The summed E-state index contributed by atoms with van der Waals surface area (Å²) >= 11 is 0. The largest absolute Gasteiger partial charge is 0.240 e. The van der Waals surface area contributed by atoms with Gasteiger partial charge in [0.15, 0.2) is 0 Å². The first-order chi connectivity index (χ1) is 8.24. The van der Waals surface area contributed by atoms with E-state index in [0.717, 1.165) is 17.7 Å². The summed E-state index contributed by atoms with van der Waals surface area (Å²) in [7, 11) is -1.16. The fourth-order valence-corrected chi connectivity index (χ4v) is 2.21. The third-order valence-electron chi connectivity index (χ3n) is 2.56. The predicted molar refractivity (Wildman–Crippen MR) is 74.1 cm³/mol. The van der Waals surface area contributed by atoms with Crippen molar-refractivity contribution in [2.24, 2.45) is 0 Å². The molecule has 0 aliphatic rings. The Kier molecular flexibility index (Phi) is 6.65. The predicted octanol–water partition coefficient (Wildman–Crippen LogP) is 4.03. The van der Waals surface area contributed by atoms with Crippen molar-refractivity contribution >= 4 is 10.8 Å². The second kappa shape index (κ2) is 8.08. The second-order valence-corrected chi connectivity index (χ2v) is 5.38. The van der Waals surface area contributed by atoms with Gasteiger partial charge in [0.25, 0.3) is 0 Å². The van der Waals surface area contributed by atoms with E-state index in [-0.39, 0.29) is 0 Å². The standard InChI is InChI=1S/C15H20OS/c1-3-4-5-6-7-8-13-17(16)15-11-9-14(2)10-12-15/h9-12H,3-7H2,1-2H3/t17-/m1/s1. The molecule has 0 aromatic heterocycles. The number of rotatable bonds is 5. The van der Waals surface area contributed by atoms with Crippen molar-refractivity contribution in [2.75, 3.05) is 0 Å². The Morgan fingerprint density at radius 3 is 2.47 bits per heavy atom. The van der Waals surface area contributed by atoms with Gasteiger partial charge in [0.2, 0.25) is 0 Å². The van der Waals surface area contributed by atoms with Gasteiger partial charge in [-0.3, -0.25) is 0 Å². The molecule has 0 heterocycles. The van der Waals surface area contributed by atoms with E-state index >= 15 is 0 Å². The number of hydrogen-bond acceptors (Lipinski definition) is 1. The Labute approximate surface area is 107 Å². The molecule has 0 radical (unpaired) electrons. The summed E-state index contributed by atoms with van der Waals surface area (Å²) in [4.78, 5) is 0.802. The van der Waals surface area contributed by atoms with Crippen molar-refractivity contribution in [1.29, 1.82) is 0 Å². The molecular weight excluding hydrogens is 228 g/mol. The quantitative estimate of drug-likeness (QED) is 0.568. The van der Waals surface area contributed by atoms with Crippen molar-refractivity contribution in [3.05, 3.63) is 29.8 Å². The highest BCUT2D eigenvalue weighted by Crippen LogP contribution is 2.07. The maximum Gasteiger partial charge on any atom is 0.130 e. The Morgan fingerprint density at radius 2 is 1.82 bits per heavy atom. The molecule has 1 rings (SSSR count). The monoisotopic (exact) mass is 248 g/mol. The summed E-state index contributed by atoms with van der Waals surface area (Å²) in [5, 5.41) is 2.82. The van der Waals surface area contributed by atoms with Gasteiger partial charge in [0.05, 0.1) is 4.90 Å². The Balaban J connectivity index is 2.39. The highest BCUT2D eigenvalue weighted by molar-refractivity contribution is 7.89. The van der Waals surface area contributed by atoms with Crippen LogP contribution in [0.25, 0.3) is 0 Å². The van der Waals surface area contributed by atoms with Crippen LogP contribution in [0, 0.1) is 18.1 Å². The summed E-state index contributed by atoms with van der Waals surface area (Å²) in [6, 6.07) is 7.71. The van der Waals surface area contributed by atoms with Crippen molar-refractivity contribution < 1.29 is 4.21 Å².